The molecule has 1 fully saturated rings. The maximum Gasteiger partial charge on any atom is 0.192 e. The lowest BCUT2D eigenvalue weighted by Gasteiger charge is -2.47. The second kappa shape index (κ2) is 9.32. The number of nitrogens with two attached hydrogens (primary N) is 1. The normalized spacial score (nSPS) is 21.6. The molecule has 1 aliphatic rings. The van der Waals surface area contributed by atoms with Crippen molar-refractivity contribution in [2.24, 2.45) is 0 Å². The Morgan fingerprint density at radius 1 is 0.938 bits per heavy atom. The van der Waals surface area contributed by atoms with Crippen LogP contribution in [0.25, 0.3) is 0 Å². The van der Waals surface area contributed by atoms with Crippen molar-refractivity contribution in [3.8, 4) is 0 Å². The third-order valence-electron chi connectivity index (χ3n) is 7.48. The minimum Gasteiger partial charge on any atom is -0.408 e. The van der Waals surface area contributed by atoms with Crippen molar-refractivity contribution in [2.75, 3.05) is 5.73 Å². The number of anilines is 1. The Balaban J connectivity index is 1.96. The first-order valence-electron chi connectivity index (χ1n) is 12.2. The van der Waals surface area contributed by atoms with Gasteiger partial charge in [0.2, 0.25) is 0 Å². The van der Waals surface area contributed by atoms with Gasteiger partial charge in [-0.25, -0.2) is 0 Å². The molecule has 3 nitrogen and oxygen atoms in total. The van der Waals surface area contributed by atoms with E-state index >= 15 is 0 Å². The van der Waals surface area contributed by atoms with E-state index in [1.165, 1.54) is 17.5 Å². The van der Waals surface area contributed by atoms with Gasteiger partial charge in [0.1, 0.15) is 0 Å². The number of hydrogen-bond acceptors (Lipinski definition) is 3. The molecule has 4 heteroatoms. The van der Waals surface area contributed by atoms with Gasteiger partial charge < -0.3 is 10.2 Å². The minimum atomic E-state index is -1.95. The Labute approximate surface area is 197 Å². The van der Waals surface area contributed by atoms with Crippen molar-refractivity contribution in [1.82, 2.24) is 4.90 Å². The summed E-state index contributed by atoms with van der Waals surface area (Å²) < 4.78 is 7.19. The summed E-state index contributed by atoms with van der Waals surface area (Å²) in [5.74, 6) is 0. The zero-order valence-corrected chi connectivity index (χ0v) is 22.5. The molecule has 3 atom stereocenters. The van der Waals surface area contributed by atoms with E-state index in [4.69, 9.17) is 10.2 Å². The molecule has 0 radical (unpaired) electrons. The highest BCUT2D eigenvalue weighted by Crippen LogP contribution is 2.45. The summed E-state index contributed by atoms with van der Waals surface area (Å²) >= 11 is 0. The molecule has 3 rings (SSSR count). The first-order chi connectivity index (χ1) is 14.8. The molecule has 176 valence electrons. The minimum absolute atomic E-state index is 0.0590. The highest BCUT2D eigenvalue weighted by atomic mass is 28.4. The van der Waals surface area contributed by atoms with Crippen LogP contribution in [0.3, 0.4) is 0 Å². The van der Waals surface area contributed by atoms with Crippen molar-refractivity contribution < 1.29 is 4.43 Å². The fourth-order valence-corrected chi connectivity index (χ4v) is 6.17. The number of rotatable bonds is 6. The topological polar surface area (TPSA) is 38.5 Å². The van der Waals surface area contributed by atoms with E-state index in [1.807, 2.05) is 12.1 Å². The Bertz CT molecular complexity index is 865. The predicted molar refractivity (Wildman–Crippen MR) is 140 cm³/mol. The summed E-state index contributed by atoms with van der Waals surface area (Å²) in [5, 5.41) is 0.175. The second-order valence-corrected chi connectivity index (χ2v) is 16.8. The van der Waals surface area contributed by atoms with Crippen molar-refractivity contribution in [2.45, 2.75) is 103 Å². The summed E-state index contributed by atoms with van der Waals surface area (Å²) in [5.41, 5.74) is 9.49. The molecule has 2 aromatic rings. The van der Waals surface area contributed by atoms with Gasteiger partial charge in [-0.2, -0.15) is 0 Å². The molecule has 0 aromatic heterocycles. The third kappa shape index (κ3) is 5.65. The van der Waals surface area contributed by atoms with Gasteiger partial charge in [-0.1, -0.05) is 63.2 Å². The van der Waals surface area contributed by atoms with Crippen LogP contribution in [-0.4, -0.2) is 30.8 Å². The van der Waals surface area contributed by atoms with E-state index < -0.39 is 8.32 Å². The lowest BCUT2D eigenvalue weighted by Crippen LogP contribution is -2.53. The molecule has 0 unspecified atom stereocenters. The van der Waals surface area contributed by atoms with Gasteiger partial charge in [0, 0.05) is 23.3 Å². The van der Waals surface area contributed by atoms with Crippen molar-refractivity contribution in [3.63, 3.8) is 0 Å². The van der Waals surface area contributed by atoms with Crippen LogP contribution in [0.1, 0.15) is 71.6 Å². The molecule has 1 saturated heterocycles. The van der Waals surface area contributed by atoms with Gasteiger partial charge in [-0.15, -0.1) is 0 Å². The van der Waals surface area contributed by atoms with Gasteiger partial charge in [0.15, 0.2) is 8.32 Å². The number of hydrogen-bond donors (Lipinski definition) is 1. The molecule has 1 aliphatic heterocycles. The second-order valence-electron chi connectivity index (χ2n) is 12.0. The summed E-state index contributed by atoms with van der Waals surface area (Å²) in [6.45, 7) is 18.8. The van der Waals surface area contributed by atoms with Crippen LogP contribution in [0.2, 0.25) is 18.1 Å². The van der Waals surface area contributed by atoms with Crippen LogP contribution in [0.15, 0.2) is 54.6 Å². The van der Waals surface area contributed by atoms with Crippen molar-refractivity contribution in [3.05, 3.63) is 65.7 Å². The molecule has 0 bridgehead atoms. The van der Waals surface area contributed by atoms with Crippen molar-refractivity contribution >= 4 is 14.0 Å². The standard InChI is InChI=1S/C28H44N2OSi/c1-27(2,3)30-24(20-21-14-16-23(29)17-15-21)18-19-25(30)26(22-12-10-9-11-13-22)31-32(7,8)28(4,5)6/h9-17,24-26H,18-20,29H2,1-8H3/t24-,25-,26-/m1/s1. The Kier molecular flexibility index (Phi) is 7.28. The Hall–Kier alpha value is -1.62. The lowest BCUT2D eigenvalue weighted by molar-refractivity contribution is 0.00731. The summed E-state index contributed by atoms with van der Waals surface area (Å²) in [6.07, 6.45) is 3.49. The molecule has 32 heavy (non-hydrogen) atoms. The Morgan fingerprint density at radius 3 is 2.06 bits per heavy atom. The molecular formula is C28H44N2OSi. The lowest BCUT2D eigenvalue weighted by atomic mass is 9.95. The summed E-state index contributed by atoms with van der Waals surface area (Å²) in [6, 6.07) is 20.2. The van der Waals surface area contributed by atoms with E-state index in [1.54, 1.807) is 0 Å². The van der Waals surface area contributed by atoms with Gasteiger partial charge in [0.25, 0.3) is 0 Å². The molecular weight excluding hydrogens is 408 g/mol. The predicted octanol–water partition coefficient (Wildman–Crippen LogP) is 7.21. The quantitative estimate of drug-likeness (QED) is 0.372. The van der Waals surface area contributed by atoms with Crippen LogP contribution in [0, 0.1) is 0 Å². The fraction of sp³-hybridized carbons (Fsp3) is 0.571. The van der Waals surface area contributed by atoms with Gasteiger partial charge in [-0.05, 0) is 81.4 Å². The van der Waals surface area contributed by atoms with Crippen molar-refractivity contribution in [1.29, 1.82) is 0 Å². The number of benzene rings is 2. The summed E-state index contributed by atoms with van der Waals surface area (Å²) in [7, 11) is -1.95. The number of likely N-dealkylation sites (tertiary alicyclic amines) is 1. The van der Waals surface area contributed by atoms with E-state index in [0.717, 1.165) is 18.5 Å². The number of nitrogens with zero attached hydrogens (tertiary/aromatic N) is 1. The molecule has 1 heterocycles. The maximum absolute atomic E-state index is 7.19. The molecule has 0 spiro atoms. The van der Waals surface area contributed by atoms with Gasteiger partial charge in [-0.3, -0.25) is 4.90 Å². The third-order valence-corrected chi connectivity index (χ3v) is 11.9. The van der Waals surface area contributed by atoms with Crippen LogP contribution in [0.5, 0.6) is 0 Å². The van der Waals surface area contributed by atoms with E-state index in [9.17, 15) is 0 Å². The fourth-order valence-electron chi connectivity index (χ4n) is 4.89. The molecule has 0 amide bonds. The average Bonchev–Trinajstić information content (AvgIpc) is 3.11. The first kappa shape index (κ1) is 25.0. The van der Waals surface area contributed by atoms with Crippen LogP contribution in [-0.2, 0) is 10.8 Å². The maximum atomic E-state index is 7.19. The molecule has 0 saturated carbocycles. The SMILES string of the molecule is CC(C)(C)N1[C@@H](Cc2ccc(N)cc2)CC[C@@H]1[C@H](O[Si](C)(C)C(C)(C)C)c1ccccc1. The largest absolute Gasteiger partial charge is 0.408 e. The zero-order valence-electron chi connectivity index (χ0n) is 21.5. The van der Waals surface area contributed by atoms with Gasteiger partial charge in [0.05, 0.1) is 6.10 Å². The average molecular weight is 453 g/mol. The molecule has 2 N–H and O–H groups in total. The van der Waals surface area contributed by atoms with Crippen LogP contribution >= 0.6 is 0 Å². The van der Waals surface area contributed by atoms with E-state index in [-0.39, 0.29) is 16.7 Å². The van der Waals surface area contributed by atoms with E-state index in [2.05, 4.69) is 102 Å². The zero-order chi connectivity index (χ0) is 23.7. The van der Waals surface area contributed by atoms with Gasteiger partial charge >= 0.3 is 0 Å². The smallest absolute Gasteiger partial charge is 0.192 e. The van der Waals surface area contributed by atoms with Crippen LogP contribution < -0.4 is 5.73 Å². The Morgan fingerprint density at radius 2 is 1.53 bits per heavy atom. The monoisotopic (exact) mass is 452 g/mol. The number of nitrogen functional groups attached to an aromatic ring is 1. The molecule has 0 aliphatic carbocycles. The van der Waals surface area contributed by atoms with E-state index in [0.29, 0.717) is 12.1 Å². The highest BCUT2D eigenvalue weighted by Gasteiger charge is 2.47. The highest BCUT2D eigenvalue weighted by molar-refractivity contribution is 6.74. The molecule has 2 aromatic carbocycles. The summed E-state index contributed by atoms with van der Waals surface area (Å²) in [4.78, 5) is 2.76. The first-order valence-corrected chi connectivity index (χ1v) is 15.1. The van der Waals surface area contributed by atoms with Crippen LogP contribution in [0.4, 0.5) is 5.69 Å².